The van der Waals surface area contributed by atoms with E-state index in [2.05, 4.69) is 20.6 Å². The van der Waals surface area contributed by atoms with Gasteiger partial charge in [0.2, 0.25) is 5.78 Å². The molecule has 0 bridgehead atoms. The maximum absolute atomic E-state index is 13.2. The van der Waals surface area contributed by atoms with Crippen molar-refractivity contribution in [2.75, 3.05) is 10.6 Å². The largest absolute Gasteiger partial charge is 0.323 e. The summed E-state index contributed by atoms with van der Waals surface area (Å²) < 4.78 is 28.2. The third-order valence-corrected chi connectivity index (χ3v) is 3.77. The number of halogens is 2. The fourth-order valence-electron chi connectivity index (χ4n) is 2.64. The van der Waals surface area contributed by atoms with E-state index in [-0.39, 0.29) is 5.69 Å². The maximum Gasteiger partial charge on any atom is 0.323 e. The second-order valence-corrected chi connectivity index (χ2v) is 5.77. The minimum atomic E-state index is -0.771. The van der Waals surface area contributed by atoms with Crippen LogP contribution in [0.2, 0.25) is 0 Å². The minimum absolute atomic E-state index is 0.0209. The SMILES string of the molecule is O=C(Nc1cc(F)cc(F)c1)Nc1cccc(-c2cn3cccnc3n2)c1. The first-order valence-electron chi connectivity index (χ1n) is 8.01. The van der Waals surface area contributed by atoms with Gasteiger partial charge in [0, 0.05) is 41.6 Å². The van der Waals surface area contributed by atoms with E-state index >= 15 is 0 Å². The highest BCUT2D eigenvalue weighted by Gasteiger charge is 2.08. The summed E-state index contributed by atoms with van der Waals surface area (Å²) in [5, 5.41) is 5.02. The summed E-state index contributed by atoms with van der Waals surface area (Å²) in [6.45, 7) is 0. The minimum Gasteiger partial charge on any atom is -0.308 e. The normalized spacial score (nSPS) is 10.7. The lowest BCUT2D eigenvalue weighted by molar-refractivity contribution is 0.262. The lowest BCUT2D eigenvalue weighted by atomic mass is 10.1. The number of hydrogen-bond acceptors (Lipinski definition) is 3. The van der Waals surface area contributed by atoms with Crippen molar-refractivity contribution < 1.29 is 13.6 Å². The molecule has 8 heteroatoms. The van der Waals surface area contributed by atoms with E-state index in [4.69, 9.17) is 0 Å². The van der Waals surface area contributed by atoms with Gasteiger partial charge in [0.25, 0.3) is 0 Å². The second-order valence-electron chi connectivity index (χ2n) is 5.77. The Morgan fingerprint density at radius 1 is 0.963 bits per heavy atom. The molecule has 0 aliphatic carbocycles. The van der Waals surface area contributed by atoms with Crippen molar-refractivity contribution in [2.45, 2.75) is 0 Å². The van der Waals surface area contributed by atoms with Crippen molar-refractivity contribution in [1.29, 1.82) is 0 Å². The van der Waals surface area contributed by atoms with Gasteiger partial charge in [0.05, 0.1) is 5.69 Å². The number of benzene rings is 2. The van der Waals surface area contributed by atoms with Crippen molar-refractivity contribution >= 4 is 23.2 Å². The molecule has 0 unspecified atom stereocenters. The van der Waals surface area contributed by atoms with Crippen LogP contribution in [0.4, 0.5) is 25.0 Å². The van der Waals surface area contributed by atoms with Gasteiger partial charge in [-0.2, -0.15) is 0 Å². The standard InChI is InChI=1S/C19H13F2N5O/c20-13-8-14(21)10-16(9-13)24-19(27)23-15-4-1-3-12(7-15)17-11-26-6-2-5-22-18(26)25-17/h1-11H,(H2,23,24,27). The highest BCUT2D eigenvalue weighted by molar-refractivity contribution is 6.00. The van der Waals surface area contributed by atoms with E-state index in [9.17, 15) is 13.6 Å². The Kier molecular flexibility index (Phi) is 4.21. The quantitative estimate of drug-likeness (QED) is 0.568. The number of anilines is 2. The van der Waals surface area contributed by atoms with Gasteiger partial charge in [-0.25, -0.2) is 23.5 Å². The number of carbonyl (C=O) groups excluding carboxylic acids is 1. The molecule has 2 amide bonds. The van der Waals surface area contributed by atoms with Gasteiger partial charge in [0.1, 0.15) is 11.6 Å². The van der Waals surface area contributed by atoms with Gasteiger partial charge in [-0.1, -0.05) is 12.1 Å². The van der Waals surface area contributed by atoms with E-state index in [1.54, 1.807) is 34.9 Å². The van der Waals surface area contributed by atoms with Crippen LogP contribution in [-0.4, -0.2) is 20.4 Å². The zero-order valence-corrected chi connectivity index (χ0v) is 13.9. The molecule has 0 aliphatic heterocycles. The number of hydrogen-bond donors (Lipinski definition) is 2. The monoisotopic (exact) mass is 365 g/mol. The lowest BCUT2D eigenvalue weighted by Crippen LogP contribution is -2.19. The van der Waals surface area contributed by atoms with Crippen molar-refractivity contribution in [1.82, 2.24) is 14.4 Å². The third-order valence-electron chi connectivity index (χ3n) is 3.77. The molecule has 6 nitrogen and oxygen atoms in total. The van der Waals surface area contributed by atoms with Crippen LogP contribution in [0.25, 0.3) is 17.0 Å². The Morgan fingerprint density at radius 2 is 1.74 bits per heavy atom. The van der Waals surface area contributed by atoms with Crippen LogP contribution in [-0.2, 0) is 0 Å². The summed E-state index contributed by atoms with van der Waals surface area (Å²) in [4.78, 5) is 20.7. The molecule has 27 heavy (non-hydrogen) atoms. The number of nitrogens with one attached hydrogen (secondary N) is 2. The van der Waals surface area contributed by atoms with Crippen LogP contribution < -0.4 is 10.6 Å². The van der Waals surface area contributed by atoms with Crippen LogP contribution in [0.5, 0.6) is 0 Å². The van der Waals surface area contributed by atoms with E-state index in [1.807, 2.05) is 18.5 Å². The first-order valence-corrected chi connectivity index (χ1v) is 8.01. The summed E-state index contributed by atoms with van der Waals surface area (Å²) in [6, 6.07) is 11.0. The Hall–Kier alpha value is -3.81. The number of nitrogens with zero attached hydrogens (tertiary/aromatic N) is 3. The summed E-state index contributed by atoms with van der Waals surface area (Å²) in [5.41, 5.74) is 2.01. The number of urea groups is 1. The number of aromatic nitrogens is 3. The molecular weight excluding hydrogens is 352 g/mol. The highest BCUT2D eigenvalue weighted by Crippen LogP contribution is 2.22. The predicted molar refractivity (Wildman–Crippen MR) is 97.4 cm³/mol. The number of carbonyl (C=O) groups is 1. The molecular formula is C19H13F2N5O. The number of fused-ring (bicyclic) bond motifs is 1. The Bertz CT molecular complexity index is 1090. The van der Waals surface area contributed by atoms with Crippen LogP contribution in [0, 0.1) is 11.6 Å². The lowest BCUT2D eigenvalue weighted by Gasteiger charge is -2.09. The summed E-state index contributed by atoms with van der Waals surface area (Å²) >= 11 is 0. The van der Waals surface area contributed by atoms with Crippen LogP contribution in [0.1, 0.15) is 0 Å². The van der Waals surface area contributed by atoms with E-state index < -0.39 is 17.7 Å². The molecule has 0 spiro atoms. The third kappa shape index (κ3) is 3.74. The molecule has 0 radical (unpaired) electrons. The molecule has 2 aromatic carbocycles. The average molecular weight is 365 g/mol. The van der Waals surface area contributed by atoms with Gasteiger partial charge in [0.15, 0.2) is 0 Å². The molecule has 2 aromatic heterocycles. The molecule has 134 valence electrons. The average Bonchev–Trinajstić information content (AvgIpc) is 3.05. The fraction of sp³-hybridized carbons (Fsp3) is 0. The molecule has 0 aliphatic rings. The first kappa shape index (κ1) is 16.6. The Labute approximate surface area is 152 Å². The molecule has 2 heterocycles. The van der Waals surface area contributed by atoms with Gasteiger partial charge >= 0.3 is 6.03 Å². The fourth-order valence-corrected chi connectivity index (χ4v) is 2.64. The molecule has 0 saturated heterocycles. The van der Waals surface area contributed by atoms with Crippen molar-refractivity contribution in [3.05, 3.63) is 78.8 Å². The van der Waals surface area contributed by atoms with Gasteiger partial charge in [-0.05, 0) is 30.3 Å². The molecule has 4 rings (SSSR count). The van der Waals surface area contributed by atoms with Crippen LogP contribution >= 0.6 is 0 Å². The number of rotatable bonds is 3. The Balaban J connectivity index is 1.52. The molecule has 2 N–H and O–H groups in total. The van der Waals surface area contributed by atoms with Crippen molar-refractivity contribution in [3.8, 4) is 11.3 Å². The van der Waals surface area contributed by atoms with Crippen molar-refractivity contribution in [3.63, 3.8) is 0 Å². The number of amides is 2. The summed E-state index contributed by atoms with van der Waals surface area (Å²) in [6.07, 6.45) is 5.33. The first-order chi connectivity index (χ1) is 13.1. The van der Waals surface area contributed by atoms with Gasteiger partial charge in [-0.3, -0.25) is 4.40 Å². The van der Waals surface area contributed by atoms with E-state index in [0.717, 1.165) is 23.8 Å². The maximum atomic E-state index is 13.2. The van der Waals surface area contributed by atoms with Gasteiger partial charge in [-0.15, -0.1) is 0 Å². The molecule has 0 saturated carbocycles. The van der Waals surface area contributed by atoms with Crippen LogP contribution in [0.15, 0.2) is 67.1 Å². The highest BCUT2D eigenvalue weighted by atomic mass is 19.1. The van der Waals surface area contributed by atoms with Gasteiger partial charge < -0.3 is 10.6 Å². The molecule has 4 aromatic rings. The zero-order valence-electron chi connectivity index (χ0n) is 13.9. The predicted octanol–water partition coefficient (Wildman–Crippen LogP) is 4.32. The summed E-state index contributed by atoms with van der Waals surface area (Å²) in [7, 11) is 0. The summed E-state index contributed by atoms with van der Waals surface area (Å²) in [5.74, 6) is -0.975. The van der Waals surface area contributed by atoms with Crippen molar-refractivity contribution in [2.24, 2.45) is 0 Å². The topological polar surface area (TPSA) is 71.3 Å². The molecule has 0 atom stereocenters. The smallest absolute Gasteiger partial charge is 0.308 e. The van der Waals surface area contributed by atoms with E-state index in [1.165, 1.54) is 0 Å². The number of imidazole rings is 1. The zero-order chi connectivity index (χ0) is 18.8. The second kappa shape index (κ2) is 6.83. The Morgan fingerprint density at radius 3 is 2.52 bits per heavy atom. The molecule has 0 fully saturated rings. The van der Waals surface area contributed by atoms with E-state index in [0.29, 0.717) is 17.2 Å². The van der Waals surface area contributed by atoms with Crippen LogP contribution in [0.3, 0.4) is 0 Å².